The molecular formula is C30H32N4O4S. The summed E-state index contributed by atoms with van der Waals surface area (Å²) < 4.78 is 17.5. The Labute approximate surface area is 231 Å². The van der Waals surface area contributed by atoms with Crippen molar-refractivity contribution in [3.63, 3.8) is 0 Å². The van der Waals surface area contributed by atoms with Gasteiger partial charge in [-0.1, -0.05) is 28.6 Å². The standard InChI is InChI=1S/C30H32N4O4S/c1-36-25-6-4-3-5-22(25)27-23(28(38-32-27)18-7-8-18)13-14-33-16-20-10-11-21(17-33)34(20)30-31-24-12-9-19(29(35)37-2)15-26(24)39-30/h3-6,9,12,15,18,20-21H,7-8,10-11,13-14,16-17H2,1-2H3. The maximum atomic E-state index is 12.0. The number of para-hydroxylation sites is 1. The largest absolute Gasteiger partial charge is 0.496 e. The van der Waals surface area contributed by atoms with Crippen molar-refractivity contribution in [1.29, 1.82) is 0 Å². The van der Waals surface area contributed by atoms with Crippen LogP contribution in [0.2, 0.25) is 0 Å². The SMILES string of the molecule is COC(=O)c1ccc2nc(N3C4CCC3CN(CCc3c(-c5ccccc5OC)noc3C3CC3)C4)sc2c1. The van der Waals surface area contributed by atoms with Gasteiger partial charge in [0.1, 0.15) is 17.2 Å². The number of fused-ring (bicyclic) bond motifs is 3. The van der Waals surface area contributed by atoms with Crippen LogP contribution in [-0.2, 0) is 11.2 Å². The van der Waals surface area contributed by atoms with Crippen molar-refractivity contribution in [2.24, 2.45) is 0 Å². The number of methoxy groups -OCH3 is 2. The first-order valence-corrected chi connectivity index (χ1v) is 14.6. The summed E-state index contributed by atoms with van der Waals surface area (Å²) in [6.07, 6.45) is 5.63. The number of carbonyl (C=O) groups excluding carboxylic acids is 1. The molecule has 3 fully saturated rings. The van der Waals surface area contributed by atoms with Crippen molar-refractivity contribution in [3.05, 3.63) is 59.4 Å². The first-order valence-electron chi connectivity index (χ1n) is 13.7. The molecule has 2 aromatic carbocycles. The summed E-state index contributed by atoms with van der Waals surface area (Å²) in [7, 11) is 3.12. The lowest BCUT2D eigenvalue weighted by molar-refractivity contribution is 0.0601. The molecule has 0 radical (unpaired) electrons. The molecule has 9 heteroatoms. The quantitative estimate of drug-likeness (QED) is 0.268. The van der Waals surface area contributed by atoms with Crippen molar-refractivity contribution in [2.75, 3.05) is 38.8 Å². The fourth-order valence-electron chi connectivity index (χ4n) is 6.30. The van der Waals surface area contributed by atoms with E-state index in [1.807, 2.05) is 30.3 Å². The molecule has 7 rings (SSSR count). The minimum absolute atomic E-state index is 0.313. The van der Waals surface area contributed by atoms with Crippen molar-refractivity contribution in [3.8, 4) is 17.0 Å². The summed E-state index contributed by atoms with van der Waals surface area (Å²) in [6.45, 7) is 3.02. The van der Waals surface area contributed by atoms with Gasteiger partial charge >= 0.3 is 5.97 Å². The van der Waals surface area contributed by atoms with Crippen LogP contribution in [0.1, 0.15) is 53.3 Å². The van der Waals surface area contributed by atoms with Crippen molar-refractivity contribution in [1.82, 2.24) is 15.0 Å². The molecule has 1 saturated carbocycles. The highest BCUT2D eigenvalue weighted by molar-refractivity contribution is 7.22. The number of nitrogens with zero attached hydrogens (tertiary/aromatic N) is 4. The summed E-state index contributed by atoms with van der Waals surface area (Å²) >= 11 is 1.68. The smallest absolute Gasteiger partial charge is 0.337 e. The van der Waals surface area contributed by atoms with Crippen LogP contribution in [0.3, 0.4) is 0 Å². The van der Waals surface area contributed by atoms with Crippen LogP contribution in [0.4, 0.5) is 5.13 Å². The van der Waals surface area contributed by atoms with Crippen LogP contribution < -0.4 is 9.64 Å². The van der Waals surface area contributed by atoms with E-state index < -0.39 is 0 Å². The van der Waals surface area contributed by atoms with Gasteiger partial charge < -0.3 is 18.9 Å². The van der Waals surface area contributed by atoms with Gasteiger partial charge in [0.05, 0.1) is 30.0 Å². The molecule has 39 heavy (non-hydrogen) atoms. The second kappa shape index (κ2) is 9.95. The van der Waals surface area contributed by atoms with Crippen LogP contribution in [0.15, 0.2) is 47.0 Å². The molecule has 3 aliphatic rings. The Morgan fingerprint density at radius 2 is 1.87 bits per heavy atom. The minimum atomic E-state index is -0.313. The third-order valence-corrected chi connectivity index (χ3v) is 9.42. The Hall–Kier alpha value is -3.43. The predicted molar refractivity (Wildman–Crippen MR) is 151 cm³/mol. The molecule has 2 aromatic heterocycles. The summed E-state index contributed by atoms with van der Waals surface area (Å²) in [4.78, 5) is 22.1. The number of carbonyl (C=O) groups is 1. The third-order valence-electron chi connectivity index (χ3n) is 8.38. The molecule has 8 nitrogen and oxygen atoms in total. The highest BCUT2D eigenvalue weighted by Gasteiger charge is 2.41. The lowest BCUT2D eigenvalue weighted by Crippen LogP contribution is -2.54. The number of hydrogen-bond acceptors (Lipinski definition) is 9. The van der Waals surface area contributed by atoms with Gasteiger partial charge in [-0.25, -0.2) is 9.78 Å². The first kappa shape index (κ1) is 24.6. The highest BCUT2D eigenvalue weighted by atomic mass is 32.1. The van der Waals surface area contributed by atoms with Crippen LogP contribution in [-0.4, -0.2) is 66.9 Å². The molecule has 202 valence electrons. The Bertz CT molecular complexity index is 1510. The van der Waals surface area contributed by atoms with E-state index in [1.165, 1.54) is 38.4 Å². The van der Waals surface area contributed by atoms with E-state index in [4.69, 9.17) is 19.0 Å². The van der Waals surface area contributed by atoms with Crippen LogP contribution >= 0.6 is 11.3 Å². The zero-order chi connectivity index (χ0) is 26.5. The number of thiazole rings is 1. The van der Waals surface area contributed by atoms with Gasteiger partial charge in [-0.2, -0.15) is 0 Å². The van der Waals surface area contributed by atoms with E-state index in [9.17, 15) is 4.79 Å². The number of piperazine rings is 1. The molecule has 2 bridgehead atoms. The Balaban J connectivity index is 1.09. The second-order valence-corrected chi connectivity index (χ2v) is 11.8. The van der Waals surface area contributed by atoms with E-state index in [0.29, 0.717) is 23.6 Å². The predicted octanol–water partition coefficient (Wildman–Crippen LogP) is 5.52. The fourth-order valence-corrected chi connectivity index (χ4v) is 7.45. The lowest BCUT2D eigenvalue weighted by atomic mass is 10.0. The lowest BCUT2D eigenvalue weighted by Gasteiger charge is -2.41. The molecular weight excluding hydrogens is 512 g/mol. The van der Waals surface area contributed by atoms with Gasteiger partial charge in [-0.15, -0.1) is 0 Å². The van der Waals surface area contributed by atoms with E-state index >= 15 is 0 Å². The summed E-state index contributed by atoms with van der Waals surface area (Å²) in [5.41, 5.74) is 4.68. The molecule has 2 unspecified atom stereocenters. The van der Waals surface area contributed by atoms with Gasteiger partial charge in [0.2, 0.25) is 0 Å². The fraction of sp³-hybridized carbons (Fsp3) is 0.433. The number of anilines is 1. The van der Waals surface area contributed by atoms with Gasteiger partial charge in [-0.05, 0) is 62.4 Å². The summed E-state index contributed by atoms with van der Waals surface area (Å²) in [5, 5.41) is 5.60. The monoisotopic (exact) mass is 544 g/mol. The zero-order valence-electron chi connectivity index (χ0n) is 22.3. The highest BCUT2D eigenvalue weighted by Crippen LogP contribution is 2.45. The zero-order valence-corrected chi connectivity index (χ0v) is 23.1. The van der Waals surface area contributed by atoms with E-state index in [-0.39, 0.29) is 5.97 Å². The second-order valence-electron chi connectivity index (χ2n) is 10.8. The number of hydrogen-bond donors (Lipinski definition) is 0. The minimum Gasteiger partial charge on any atom is -0.496 e. The molecule has 0 spiro atoms. The number of aromatic nitrogens is 2. The van der Waals surface area contributed by atoms with Gasteiger partial charge in [0.25, 0.3) is 0 Å². The van der Waals surface area contributed by atoms with Gasteiger partial charge in [0.15, 0.2) is 5.13 Å². The van der Waals surface area contributed by atoms with Crippen LogP contribution in [0.5, 0.6) is 5.75 Å². The molecule has 4 aromatic rings. The Morgan fingerprint density at radius 1 is 1.08 bits per heavy atom. The molecule has 4 heterocycles. The average molecular weight is 545 g/mol. The molecule has 2 aliphatic heterocycles. The number of benzene rings is 2. The molecule has 0 N–H and O–H groups in total. The van der Waals surface area contributed by atoms with Gasteiger partial charge in [-0.3, -0.25) is 4.90 Å². The van der Waals surface area contributed by atoms with Crippen molar-refractivity contribution >= 4 is 32.7 Å². The number of rotatable bonds is 8. The van der Waals surface area contributed by atoms with Crippen LogP contribution in [0.25, 0.3) is 21.5 Å². The van der Waals surface area contributed by atoms with Crippen molar-refractivity contribution in [2.45, 2.75) is 50.1 Å². The molecule has 2 atom stereocenters. The topological polar surface area (TPSA) is 80.9 Å². The van der Waals surface area contributed by atoms with E-state index in [2.05, 4.69) is 21.0 Å². The molecule has 0 amide bonds. The Kier molecular flexibility index (Phi) is 6.28. The average Bonchev–Trinajstić information content (AvgIpc) is 3.49. The summed E-state index contributed by atoms with van der Waals surface area (Å²) in [6, 6.07) is 14.6. The van der Waals surface area contributed by atoms with Crippen LogP contribution in [0, 0.1) is 0 Å². The maximum Gasteiger partial charge on any atom is 0.337 e. The maximum absolute atomic E-state index is 12.0. The summed E-state index contributed by atoms with van der Waals surface area (Å²) in [5.74, 6) is 2.09. The number of ether oxygens (including phenoxy) is 2. The van der Waals surface area contributed by atoms with Gasteiger partial charge in [0, 0.05) is 48.8 Å². The van der Waals surface area contributed by atoms with Crippen molar-refractivity contribution < 1.29 is 18.8 Å². The molecule has 1 aliphatic carbocycles. The molecule has 2 saturated heterocycles. The Morgan fingerprint density at radius 3 is 2.62 bits per heavy atom. The van der Waals surface area contributed by atoms with E-state index in [1.54, 1.807) is 24.5 Å². The first-order chi connectivity index (χ1) is 19.1. The normalized spacial score (nSPS) is 21.0. The number of esters is 1. The van der Waals surface area contributed by atoms with E-state index in [0.717, 1.165) is 64.2 Å². The number of likely N-dealkylation sites (tertiary alicyclic amines) is 1. The third kappa shape index (κ3) is 4.47.